The SMILES string of the molecule is COc1ccc(C(=O)N(CC(=O)N2CCc3sccc3[C@H]2COc2ccccc2OC)CC2CC2)cc1. The number of rotatable bonds is 10. The molecule has 0 unspecified atom stereocenters. The zero-order chi connectivity index (χ0) is 25.8. The Morgan fingerprint density at radius 3 is 2.46 bits per heavy atom. The van der Waals surface area contributed by atoms with E-state index in [9.17, 15) is 9.59 Å². The zero-order valence-corrected chi connectivity index (χ0v) is 22.0. The van der Waals surface area contributed by atoms with Crippen molar-refractivity contribution < 1.29 is 23.8 Å². The molecule has 194 valence electrons. The summed E-state index contributed by atoms with van der Waals surface area (Å²) < 4.78 is 16.8. The predicted molar refractivity (Wildman–Crippen MR) is 143 cm³/mol. The summed E-state index contributed by atoms with van der Waals surface area (Å²) >= 11 is 1.71. The summed E-state index contributed by atoms with van der Waals surface area (Å²) in [5, 5.41) is 2.07. The van der Waals surface area contributed by atoms with Gasteiger partial charge in [-0.05, 0) is 78.6 Å². The number of thiophene rings is 1. The van der Waals surface area contributed by atoms with E-state index in [1.807, 2.05) is 29.2 Å². The van der Waals surface area contributed by atoms with Gasteiger partial charge in [0.2, 0.25) is 5.91 Å². The van der Waals surface area contributed by atoms with E-state index in [-0.39, 0.29) is 24.4 Å². The molecule has 0 spiro atoms. The topological polar surface area (TPSA) is 68.3 Å². The molecular weight excluding hydrogens is 488 g/mol. The summed E-state index contributed by atoms with van der Waals surface area (Å²) in [5.41, 5.74) is 1.68. The van der Waals surface area contributed by atoms with Crippen molar-refractivity contribution in [1.82, 2.24) is 9.80 Å². The Hall–Kier alpha value is -3.52. The normalized spacial score (nSPS) is 16.6. The Kier molecular flexibility index (Phi) is 7.65. The van der Waals surface area contributed by atoms with Crippen LogP contribution in [0.2, 0.25) is 0 Å². The molecule has 7 nitrogen and oxygen atoms in total. The van der Waals surface area contributed by atoms with Crippen LogP contribution in [0.1, 0.15) is 39.7 Å². The van der Waals surface area contributed by atoms with Crippen molar-refractivity contribution in [2.75, 3.05) is 40.5 Å². The van der Waals surface area contributed by atoms with Crippen molar-refractivity contribution in [2.24, 2.45) is 5.92 Å². The molecule has 37 heavy (non-hydrogen) atoms. The molecule has 0 bridgehead atoms. The van der Waals surface area contributed by atoms with Crippen LogP contribution < -0.4 is 14.2 Å². The van der Waals surface area contributed by atoms with E-state index in [2.05, 4.69) is 11.4 Å². The van der Waals surface area contributed by atoms with Crippen LogP contribution in [-0.4, -0.2) is 62.1 Å². The highest BCUT2D eigenvalue weighted by molar-refractivity contribution is 7.10. The van der Waals surface area contributed by atoms with Crippen LogP contribution in [0.3, 0.4) is 0 Å². The van der Waals surface area contributed by atoms with E-state index in [1.54, 1.807) is 54.7 Å². The van der Waals surface area contributed by atoms with Crippen molar-refractivity contribution in [3.63, 3.8) is 0 Å². The molecule has 5 rings (SSSR count). The summed E-state index contributed by atoms with van der Waals surface area (Å²) in [6.07, 6.45) is 2.99. The first kappa shape index (κ1) is 25.1. The molecule has 1 aliphatic heterocycles. The van der Waals surface area contributed by atoms with Crippen LogP contribution in [0, 0.1) is 5.92 Å². The Bertz CT molecular complexity index is 1240. The van der Waals surface area contributed by atoms with Crippen molar-refractivity contribution >= 4 is 23.2 Å². The van der Waals surface area contributed by atoms with Gasteiger partial charge >= 0.3 is 0 Å². The number of carbonyl (C=O) groups excluding carboxylic acids is 2. The number of amides is 2. The first-order valence-electron chi connectivity index (χ1n) is 12.6. The maximum absolute atomic E-state index is 13.8. The summed E-state index contributed by atoms with van der Waals surface area (Å²) in [7, 11) is 3.21. The summed E-state index contributed by atoms with van der Waals surface area (Å²) in [6, 6.07) is 16.4. The number of nitrogens with zero attached hydrogens (tertiary/aromatic N) is 2. The number of ether oxygens (including phenoxy) is 3. The van der Waals surface area contributed by atoms with Crippen molar-refractivity contribution in [3.8, 4) is 17.2 Å². The van der Waals surface area contributed by atoms with Gasteiger partial charge in [-0.25, -0.2) is 0 Å². The number of methoxy groups -OCH3 is 2. The predicted octanol–water partition coefficient (Wildman–Crippen LogP) is 4.82. The lowest BCUT2D eigenvalue weighted by Gasteiger charge is -2.37. The third-order valence-corrected chi connectivity index (χ3v) is 8.00. The number of hydrogen-bond donors (Lipinski definition) is 0. The van der Waals surface area contributed by atoms with E-state index < -0.39 is 0 Å². The molecular formula is C29H32N2O5S. The molecule has 1 aromatic heterocycles. The third-order valence-electron chi connectivity index (χ3n) is 7.01. The van der Waals surface area contributed by atoms with Crippen LogP contribution in [0.4, 0.5) is 0 Å². The van der Waals surface area contributed by atoms with Gasteiger partial charge in [0, 0.05) is 23.5 Å². The largest absolute Gasteiger partial charge is 0.497 e. The van der Waals surface area contributed by atoms with Crippen LogP contribution in [-0.2, 0) is 11.2 Å². The van der Waals surface area contributed by atoms with Crippen LogP contribution in [0.25, 0.3) is 0 Å². The van der Waals surface area contributed by atoms with Gasteiger partial charge in [0.15, 0.2) is 11.5 Å². The highest BCUT2D eigenvalue weighted by atomic mass is 32.1. The van der Waals surface area contributed by atoms with Gasteiger partial charge in [-0.3, -0.25) is 9.59 Å². The van der Waals surface area contributed by atoms with Gasteiger partial charge in [0.25, 0.3) is 5.91 Å². The molecule has 2 aliphatic rings. The molecule has 0 saturated heterocycles. The maximum Gasteiger partial charge on any atom is 0.254 e. The molecule has 1 atom stereocenters. The lowest BCUT2D eigenvalue weighted by atomic mass is 10.00. The number of benzene rings is 2. The second-order valence-electron chi connectivity index (χ2n) is 9.47. The average molecular weight is 521 g/mol. The maximum atomic E-state index is 13.8. The molecule has 2 aromatic carbocycles. The summed E-state index contributed by atoms with van der Waals surface area (Å²) in [5.74, 6) is 2.27. The smallest absolute Gasteiger partial charge is 0.254 e. The van der Waals surface area contributed by atoms with Gasteiger partial charge in [0.05, 0.1) is 20.3 Å². The second-order valence-corrected chi connectivity index (χ2v) is 10.5. The van der Waals surface area contributed by atoms with E-state index in [1.165, 1.54) is 4.88 Å². The monoisotopic (exact) mass is 520 g/mol. The van der Waals surface area contributed by atoms with Gasteiger partial charge in [-0.15, -0.1) is 11.3 Å². The van der Waals surface area contributed by atoms with Crippen LogP contribution >= 0.6 is 11.3 Å². The number of hydrogen-bond acceptors (Lipinski definition) is 6. The Morgan fingerprint density at radius 1 is 1.00 bits per heavy atom. The molecule has 8 heteroatoms. The molecule has 2 heterocycles. The zero-order valence-electron chi connectivity index (χ0n) is 21.2. The lowest BCUT2D eigenvalue weighted by Crippen LogP contribution is -2.48. The van der Waals surface area contributed by atoms with E-state index >= 15 is 0 Å². The highest BCUT2D eigenvalue weighted by Crippen LogP contribution is 2.36. The van der Waals surface area contributed by atoms with Crippen LogP contribution in [0.15, 0.2) is 60.0 Å². The molecule has 3 aromatic rings. The minimum atomic E-state index is -0.230. The summed E-state index contributed by atoms with van der Waals surface area (Å²) in [4.78, 5) is 32.1. The molecule has 0 radical (unpaired) electrons. The van der Waals surface area contributed by atoms with Crippen LogP contribution in [0.5, 0.6) is 17.2 Å². The van der Waals surface area contributed by atoms with Gasteiger partial charge in [0.1, 0.15) is 18.9 Å². The van der Waals surface area contributed by atoms with Crippen molar-refractivity contribution in [1.29, 1.82) is 0 Å². The van der Waals surface area contributed by atoms with Gasteiger partial charge < -0.3 is 24.0 Å². The number of para-hydroxylation sites is 2. The first-order chi connectivity index (χ1) is 18.1. The molecule has 1 fully saturated rings. The number of carbonyl (C=O) groups is 2. The third kappa shape index (κ3) is 5.74. The van der Waals surface area contributed by atoms with E-state index in [0.29, 0.717) is 48.4 Å². The average Bonchev–Trinajstić information content (AvgIpc) is 3.63. The molecule has 0 N–H and O–H groups in total. The molecule has 1 aliphatic carbocycles. The summed E-state index contributed by atoms with van der Waals surface area (Å²) in [6.45, 7) is 1.55. The van der Waals surface area contributed by atoms with Crippen molar-refractivity contribution in [3.05, 3.63) is 76.0 Å². The minimum absolute atomic E-state index is 0.0476. The molecule has 2 amide bonds. The van der Waals surface area contributed by atoms with E-state index in [4.69, 9.17) is 14.2 Å². The minimum Gasteiger partial charge on any atom is -0.497 e. The fraction of sp³-hybridized carbons (Fsp3) is 0.379. The Balaban J connectivity index is 1.34. The number of fused-ring (bicyclic) bond motifs is 1. The second kappa shape index (κ2) is 11.3. The Labute approximate surface area is 221 Å². The Morgan fingerprint density at radius 2 is 1.76 bits per heavy atom. The fourth-order valence-electron chi connectivity index (χ4n) is 4.78. The van der Waals surface area contributed by atoms with Gasteiger partial charge in [-0.1, -0.05) is 12.1 Å². The fourth-order valence-corrected chi connectivity index (χ4v) is 5.71. The van der Waals surface area contributed by atoms with Gasteiger partial charge in [-0.2, -0.15) is 0 Å². The quantitative estimate of drug-likeness (QED) is 0.383. The van der Waals surface area contributed by atoms with E-state index in [0.717, 1.165) is 24.8 Å². The first-order valence-corrected chi connectivity index (χ1v) is 13.5. The lowest BCUT2D eigenvalue weighted by molar-refractivity contribution is -0.135. The highest BCUT2D eigenvalue weighted by Gasteiger charge is 2.35. The van der Waals surface area contributed by atoms with Crippen molar-refractivity contribution in [2.45, 2.75) is 25.3 Å². The molecule has 1 saturated carbocycles. The standard InChI is InChI=1S/C29H32N2O5S/c1-34-22-11-9-21(10-12-22)29(33)30(17-20-7-8-20)18-28(32)31-15-13-27-23(14-16-37-27)24(31)19-36-26-6-4-3-5-25(26)35-2/h3-6,9-12,14,16,20,24H,7-8,13,15,17-19H2,1-2H3/t24-/m1/s1.